The lowest BCUT2D eigenvalue weighted by molar-refractivity contribution is -0.140. The third-order valence-electron chi connectivity index (χ3n) is 3.58. The zero-order chi connectivity index (χ0) is 15.9. The van der Waals surface area contributed by atoms with Crippen LogP contribution < -0.4 is 5.32 Å². The number of esters is 1. The van der Waals surface area contributed by atoms with Gasteiger partial charge in [0.2, 0.25) is 0 Å². The fourth-order valence-electron chi connectivity index (χ4n) is 2.26. The van der Waals surface area contributed by atoms with Gasteiger partial charge in [-0.15, -0.1) is 0 Å². The summed E-state index contributed by atoms with van der Waals surface area (Å²) in [4.78, 5) is 10.9. The summed E-state index contributed by atoms with van der Waals surface area (Å²) in [6, 6.07) is 10.4. The van der Waals surface area contributed by atoms with Gasteiger partial charge in [0.05, 0.1) is 7.11 Å². The Morgan fingerprint density at radius 1 is 1.05 bits per heavy atom. The van der Waals surface area contributed by atoms with Crippen LogP contribution in [0.25, 0.3) is 0 Å². The van der Waals surface area contributed by atoms with Gasteiger partial charge >= 0.3 is 5.97 Å². The lowest BCUT2D eigenvalue weighted by Crippen LogP contribution is -2.12. The minimum atomic E-state index is -0.0917. The van der Waals surface area contributed by atoms with Gasteiger partial charge in [-0.1, -0.05) is 61.7 Å². The second kappa shape index (κ2) is 13.1. The Kier molecular flexibility index (Phi) is 11.0. The molecule has 0 aromatic heterocycles. The van der Waals surface area contributed by atoms with Crippen molar-refractivity contribution in [2.24, 2.45) is 0 Å². The molecule has 0 bridgehead atoms. The average molecular weight is 303 g/mol. The second-order valence-corrected chi connectivity index (χ2v) is 5.47. The molecule has 1 aromatic rings. The minimum Gasteiger partial charge on any atom is -0.469 e. The molecule has 1 N–H and O–H groups in total. The number of carbonyl (C=O) groups is 1. The quantitative estimate of drug-likeness (QED) is 0.357. The van der Waals surface area contributed by atoms with Crippen LogP contribution in [0.1, 0.15) is 50.5 Å². The van der Waals surface area contributed by atoms with E-state index in [4.69, 9.17) is 0 Å². The van der Waals surface area contributed by atoms with Gasteiger partial charge in [0.25, 0.3) is 0 Å². The lowest BCUT2D eigenvalue weighted by atomic mass is 10.1. The first-order chi connectivity index (χ1) is 10.8. The van der Waals surface area contributed by atoms with Crippen molar-refractivity contribution in [2.75, 3.05) is 13.7 Å². The van der Waals surface area contributed by atoms with Crippen LogP contribution in [0.2, 0.25) is 0 Å². The summed E-state index contributed by atoms with van der Waals surface area (Å²) in [5.41, 5.74) is 1.32. The zero-order valence-electron chi connectivity index (χ0n) is 13.7. The Balaban J connectivity index is 1.85. The third kappa shape index (κ3) is 10.2. The number of methoxy groups -OCH3 is 1. The van der Waals surface area contributed by atoms with Gasteiger partial charge in [-0.3, -0.25) is 4.79 Å². The van der Waals surface area contributed by atoms with E-state index in [1.807, 2.05) is 6.07 Å². The van der Waals surface area contributed by atoms with Crippen LogP contribution in [0.5, 0.6) is 0 Å². The van der Waals surface area contributed by atoms with Gasteiger partial charge in [0.1, 0.15) is 0 Å². The van der Waals surface area contributed by atoms with Crippen LogP contribution >= 0.6 is 0 Å². The van der Waals surface area contributed by atoms with Crippen LogP contribution in [-0.4, -0.2) is 19.6 Å². The van der Waals surface area contributed by atoms with Crippen LogP contribution in [0.4, 0.5) is 0 Å². The molecule has 0 saturated heterocycles. The van der Waals surface area contributed by atoms with E-state index in [1.54, 1.807) is 0 Å². The van der Waals surface area contributed by atoms with Gasteiger partial charge in [-0.05, 0) is 24.8 Å². The molecule has 0 amide bonds. The molecule has 1 rings (SSSR count). The molecule has 0 fully saturated rings. The van der Waals surface area contributed by atoms with Gasteiger partial charge in [0.15, 0.2) is 0 Å². The number of unbranched alkanes of at least 4 members (excludes halogenated alkanes) is 5. The lowest BCUT2D eigenvalue weighted by Gasteiger charge is -2.01. The number of nitrogens with one attached hydrogen (secondary N) is 1. The van der Waals surface area contributed by atoms with Crippen molar-refractivity contribution in [3.63, 3.8) is 0 Å². The van der Waals surface area contributed by atoms with Gasteiger partial charge in [-0.25, -0.2) is 0 Å². The van der Waals surface area contributed by atoms with Crippen molar-refractivity contribution >= 4 is 5.97 Å². The highest BCUT2D eigenvalue weighted by Crippen LogP contribution is 2.08. The molecule has 0 saturated carbocycles. The summed E-state index contributed by atoms with van der Waals surface area (Å²) >= 11 is 0. The van der Waals surface area contributed by atoms with Crippen molar-refractivity contribution in [3.05, 3.63) is 48.0 Å². The second-order valence-electron chi connectivity index (χ2n) is 5.47. The van der Waals surface area contributed by atoms with E-state index in [1.165, 1.54) is 31.9 Å². The van der Waals surface area contributed by atoms with Crippen LogP contribution in [0, 0.1) is 0 Å². The number of rotatable bonds is 12. The van der Waals surface area contributed by atoms with E-state index in [2.05, 4.69) is 46.5 Å². The van der Waals surface area contributed by atoms with E-state index in [-0.39, 0.29) is 5.97 Å². The molecule has 0 spiro atoms. The molecule has 122 valence electrons. The van der Waals surface area contributed by atoms with Crippen molar-refractivity contribution in [1.82, 2.24) is 5.32 Å². The molecule has 0 heterocycles. The molecule has 3 heteroatoms. The first kappa shape index (κ1) is 18.4. The Hall–Kier alpha value is -1.61. The standard InChI is InChI=1S/C19H29NO2/c1-22-19(21)15-11-6-4-2-3-5-7-12-16-20-17-18-13-9-8-10-14-18/h7-10,12-14,20H,2-6,11,15-17H2,1H3. The Labute approximate surface area is 134 Å². The van der Waals surface area contributed by atoms with E-state index < -0.39 is 0 Å². The largest absolute Gasteiger partial charge is 0.469 e. The molecule has 0 radical (unpaired) electrons. The topological polar surface area (TPSA) is 38.3 Å². The fourth-order valence-corrected chi connectivity index (χ4v) is 2.26. The van der Waals surface area contributed by atoms with Crippen molar-refractivity contribution in [1.29, 1.82) is 0 Å². The third-order valence-corrected chi connectivity index (χ3v) is 3.58. The maximum atomic E-state index is 10.9. The molecular weight excluding hydrogens is 274 g/mol. The number of carbonyl (C=O) groups excluding carboxylic acids is 1. The fraction of sp³-hybridized carbons (Fsp3) is 0.526. The Morgan fingerprint density at radius 3 is 2.55 bits per heavy atom. The highest BCUT2D eigenvalue weighted by atomic mass is 16.5. The molecule has 3 nitrogen and oxygen atoms in total. The van der Waals surface area contributed by atoms with E-state index >= 15 is 0 Å². The number of benzene rings is 1. The van der Waals surface area contributed by atoms with E-state index in [9.17, 15) is 4.79 Å². The SMILES string of the molecule is COC(=O)CCCCCCCC=CCNCc1ccccc1. The smallest absolute Gasteiger partial charge is 0.305 e. The van der Waals surface area contributed by atoms with Crippen LogP contribution in [0.3, 0.4) is 0 Å². The number of allylic oxidation sites excluding steroid dienone is 1. The molecule has 0 aliphatic heterocycles. The van der Waals surface area contributed by atoms with Crippen molar-refractivity contribution < 1.29 is 9.53 Å². The van der Waals surface area contributed by atoms with Gasteiger partial charge in [0, 0.05) is 19.5 Å². The summed E-state index contributed by atoms with van der Waals surface area (Å²) in [5.74, 6) is -0.0917. The first-order valence-corrected chi connectivity index (χ1v) is 8.29. The maximum Gasteiger partial charge on any atom is 0.305 e. The summed E-state index contributed by atoms with van der Waals surface area (Å²) < 4.78 is 4.62. The van der Waals surface area contributed by atoms with Gasteiger partial charge in [-0.2, -0.15) is 0 Å². The summed E-state index contributed by atoms with van der Waals surface area (Å²) in [6.07, 6.45) is 11.9. The predicted octanol–water partition coefficient (Wildman–Crippen LogP) is 4.24. The molecule has 0 atom stereocenters. The molecular formula is C19H29NO2. The zero-order valence-corrected chi connectivity index (χ0v) is 13.7. The number of ether oxygens (including phenoxy) is 1. The predicted molar refractivity (Wildman–Crippen MR) is 91.6 cm³/mol. The molecule has 0 aliphatic carbocycles. The normalized spacial score (nSPS) is 11.0. The maximum absolute atomic E-state index is 10.9. The molecule has 1 aromatic carbocycles. The van der Waals surface area contributed by atoms with Crippen molar-refractivity contribution in [2.45, 2.75) is 51.5 Å². The minimum absolute atomic E-state index is 0.0917. The van der Waals surface area contributed by atoms with Crippen LogP contribution in [-0.2, 0) is 16.1 Å². The van der Waals surface area contributed by atoms with Gasteiger partial charge < -0.3 is 10.1 Å². The monoisotopic (exact) mass is 303 g/mol. The highest BCUT2D eigenvalue weighted by molar-refractivity contribution is 5.68. The summed E-state index contributed by atoms with van der Waals surface area (Å²) in [5, 5.41) is 3.41. The number of hydrogen-bond donors (Lipinski definition) is 1. The van der Waals surface area contributed by atoms with Crippen LogP contribution in [0.15, 0.2) is 42.5 Å². The first-order valence-electron chi connectivity index (χ1n) is 8.29. The average Bonchev–Trinajstić information content (AvgIpc) is 2.56. The Morgan fingerprint density at radius 2 is 1.77 bits per heavy atom. The molecule has 0 unspecified atom stereocenters. The van der Waals surface area contributed by atoms with E-state index in [0.717, 1.165) is 32.4 Å². The summed E-state index contributed by atoms with van der Waals surface area (Å²) in [6.45, 7) is 1.85. The Bertz CT molecular complexity index is 415. The highest BCUT2D eigenvalue weighted by Gasteiger charge is 1.98. The number of hydrogen-bond acceptors (Lipinski definition) is 3. The molecule has 0 aliphatic rings. The summed E-state index contributed by atoms with van der Waals surface area (Å²) in [7, 11) is 1.45. The molecule has 22 heavy (non-hydrogen) atoms. The van der Waals surface area contributed by atoms with E-state index in [0.29, 0.717) is 6.42 Å². The van der Waals surface area contributed by atoms with Crippen molar-refractivity contribution in [3.8, 4) is 0 Å².